The molecule has 1 spiro atoms. The molecule has 0 bridgehead atoms. The Morgan fingerprint density at radius 2 is 1.64 bits per heavy atom. The van der Waals surface area contributed by atoms with Gasteiger partial charge < -0.3 is 19.7 Å². The number of imide groups is 1. The van der Waals surface area contributed by atoms with Crippen LogP contribution in [0.3, 0.4) is 0 Å². The molecule has 8 heteroatoms. The number of benzene rings is 1. The van der Waals surface area contributed by atoms with Crippen LogP contribution >= 0.6 is 0 Å². The molecule has 1 aromatic rings. The Balaban J connectivity index is 1.27. The van der Waals surface area contributed by atoms with Crippen LogP contribution in [0.5, 0.6) is 11.5 Å². The Labute approximate surface area is 194 Å². The second kappa shape index (κ2) is 8.54. The Bertz CT molecular complexity index is 949. The number of carbonyl (C=O) groups is 3. The van der Waals surface area contributed by atoms with E-state index in [1.165, 1.54) is 0 Å². The lowest BCUT2D eigenvalue weighted by atomic mass is 9.78. The van der Waals surface area contributed by atoms with Crippen molar-refractivity contribution in [3.8, 4) is 11.5 Å². The Kier molecular flexibility index (Phi) is 5.70. The van der Waals surface area contributed by atoms with Gasteiger partial charge in [0.15, 0.2) is 11.5 Å². The molecule has 0 unspecified atom stereocenters. The predicted molar refractivity (Wildman–Crippen MR) is 121 cm³/mol. The molecule has 4 aliphatic rings. The van der Waals surface area contributed by atoms with Crippen molar-refractivity contribution in [2.75, 3.05) is 33.4 Å². The van der Waals surface area contributed by atoms with E-state index < -0.39 is 5.54 Å². The summed E-state index contributed by atoms with van der Waals surface area (Å²) < 4.78 is 11.4. The largest absolute Gasteiger partial charge is 0.486 e. The molecular formula is C25H33N3O5. The number of amides is 4. The molecule has 0 atom stereocenters. The smallest absolute Gasteiger partial charge is 0.327 e. The monoisotopic (exact) mass is 455 g/mol. The van der Waals surface area contributed by atoms with Crippen LogP contribution in [0.2, 0.25) is 0 Å². The molecule has 2 heterocycles. The van der Waals surface area contributed by atoms with E-state index in [-0.39, 0.29) is 29.8 Å². The first-order valence-corrected chi connectivity index (χ1v) is 12.2. The average molecular weight is 456 g/mol. The van der Waals surface area contributed by atoms with Crippen molar-refractivity contribution in [1.82, 2.24) is 15.1 Å². The summed E-state index contributed by atoms with van der Waals surface area (Å²) in [6.07, 6.45) is 8.45. The van der Waals surface area contributed by atoms with Gasteiger partial charge in [0, 0.05) is 19.0 Å². The number of rotatable bonds is 5. The zero-order chi connectivity index (χ0) is 23.1. The number of hydrogen-bond donors (Lipinski definition) is 1. The van der Waals surface area contributed by atoms with Gasteiger partial charge in [0.1, 0.15) is 25.3 Å². The molecule has 178 valence electrons. The van der Waals surface area contributed by atoms with Crippen molar-refractivity contribution in [3.05, 3.63) is 23.8 Å². The van der Waals surface area contributed by atoms with E-state index in [1.807, 2.05) is 12.1 Å². The van der Waals surface area contributed by atoms with Crippen LogP contribution in [-0.4, -0.2) is 66.5 Å². The van der Waals surface area contributed by atoms with Gasteiger partial charge in [-0.3, -0.25) is 14.5 Å². The van der Waals surface area contributed by atoms with Gasteiger partial charge in [0.05, 0.1) is 0 Å². The summed E-state index contributed by atoms with van der Waals surface area (Å²) in [5, 5.41) is 3.04. The van der Waals surface area contributed by atoms with Crippen molar-refractivity contribution in [2.45, 2.75) is 68.7 Å². The van der Waals surface area contributed by atoms with Gasteiger partial charge in [-0.2, -0.15) is 0 Å². The van der Waals surface area contributed by atoms with E-state index in [0.717, 1.165) is 66.9 Å². The molecule has 33 heavy (non-hydrogen) atoms. The third-order valence-corrected chi connectivity index (χ3v) is 8.12. The van der Waals surface area contributed by atoms with Crippen LogP contribution in [0.1, 0.15) is 63.4 Å². The number of hydrogen-bond acceptors (Lipinski definition) is 5. The number of likely N-dealkylation sites (N-methyl/N-ethyl adjacent to an activating group) is 1. The summed E-state index contributed by atoms with van der Waals surface area (Å²) in [5.41, 5.74) is 0.207. The highest BCUT2D eigenvalue weighted by atomic mass is 16.6. The maximum Gasteiger partial charge on any atom is 0.327 e. The number of urea groups is 1. The lowest BCUT2D eigenvalue weighted by molar-refractivity contribution is -0.137. The molecule has 4 amide bonds. The van der Waals surface area contributed by atoms with Crippen LogP contribution in [-0.2, 0) is 15.0 Å². The van der Waals surface area contributed by atoms with E-state index in [4.69, 9.17) is 9.47 Å². The molecule has 0 aromatic heterocycles. The number of ether oxygens (including phenoxy) is 2. The maximum absolute atomic E-state index is 13.2. The van der Waals surface area contributed by atoms with Gasteiger partial charge in [-0.15, -0.1) is 0 Å². The van der Waals surface area contributed by atoms with Gasteiger partial charge in [-0.1, -0.05) is 38.2 Å². The minimum Gasteiger partial charge on any atom is -0.486 e. The molecule has 5 rings (SSSR count). The average Bonchev–Trinajstić information content (AvgIpc) is 3.40. The van der Waals surface area contributed by atoms with Crippen molar-refractivity contribution >= 4 is 17.8 Å². The van der Waals surface area contributed by atoms with Gasteiger partial charge in [0.25, 0.3) is 5.91 Å². The maximum atomic E-state index is 13.2. The van der Waals surface area contributed by atoms with Crippen LogP contribution in [0.25, 0.3) is 0 Å². The van der Waals surface area contributed by atoms with Crippen LogP contribution in [0.4, 0.5) is 4.79 Å². The van der Waals surface area contributed by atoms with Crippen molar-refractivity contribution in [2.24, 2.45) is 0 Å². The summed E-state index contributed by atoms with van der Waals surface area (Å²) >= 11 is 0. The highest BCUT2D eigenvalue weighted by molar-refractivity contribution is 6.08. The van der Waals surface area contributed by atoms with Crippen molar-refractivity contribution < 1.29 is 23.9 Å². The highest BCUT2D eigenvalue weighted by Gasteiger charge is 2.55. The first-order chi connectivity index (χ1) is 16.0. The highest BCUT2D eigenvalue weighted by Crippen LogP contribution is 2.44. The first kappa shape index (κ1) is 22.0. The van der Waals surface area contributed by atoms with E-state index in [0.29, 0.717) is 32.6 Å². The normalized spacial score (nSPS) is 23.3. The molecule has 2 aliphatic carbocycles. The summed E-state index contributed by atoms with van der Waals surface area (Å²) in [6, 6.07) is 5.70. The van der Waals surface area contributed by atoms with E-state index in [9.17, 15) is 14.4 Å². The van der Waals surface area contributed by atoms with Gasteiger partial charge >= 0.3 is 6.03 Å². The van der Waals surface area contributed by atoms with Crippen molar-refractivity contribution in [3.63, 3.8) is 0 Å². The molecule has 2 saturated carbocycles. The Morgan fingerprint density at radius 1 is 0.970 bits per heavy atom. The zero-order valence-electron chi connectivity index (χ0n) is 19.4. The third-order valence-electron chi connectivity index (χ3n) is 8.12. The summed E-state index contributed by atoms with van der Waals surface area (Å²) in [5.74, 6) is 1.01. The van der Waals surface area contributed by atoms with Gasteiger partial charge in [-0.05, 0) is 43.4 Å². The lowest BCUT2D eigenvalue weighted by Gasteiger charge is -2.35. The molecule has 1 N–H and O–H groups in total. The standard InChI is InChI=1S/C25H33N3O5/c1-27-23(31)28(22(30)25(27)11-3-2-4-12-25)16-21(29)26-17-24(9-5-6-10-24)18-7-8-19-20(15-18)33-14-13-32-19/h7-8,15H,2-6,9-14,16-17H2,1H3,(H,26,29). The zero-order valence-corrected chi connectivity index (χ0v) is 19.4. The molecule has 0 radical (unpaired) electrons. The van der Waals surface area contributed by atoms with E-state index in [1.54, 1.807) is 11.9 Å². The second-order valence-electron chi connectivity index (χ2n) is 9.95. The number of nitrogens with zero attached hydrogens (tertiary/aromatic N) is 2. The van der Waals surface area contributed by atoms with E-state index >= 15 is 0 Å². The van der Waals surface area contributed by atoms with Gasteiger partial charge in [-0.25, -0.2) is 4.79 Å². The fraction of sp³-hybridized carbons (Fsp3) is 0.640. The molecule has 1 saturated heterocycles. The molecule has 2 aliphatic heterocycles. The van der Waals surface area contributed by atoms with Crippen LogP contribution in [0, 0.1) is 0 Å². The minimum atomic E-state index is -0.756. The minimum absolute atomic E-state index is 0.175. The quantitative estimate of drug-likeness (QED) is 0.690. The third kappa shape index (κ3) is 3.73. The second-order valence-corrected chi connectivity index (χ2v) is 9.95. The number of nitrogens with one attached hydrogen (secondary N) is 1. The Hall–Kier alpha value is -2.77. The van der Waals surface area contributed by atoms with Crippen LogP contribution < -0.4 is 14.8 Å². The predicted octanol–water partition coefficient (Wildman–Crippen LogP) is 2.98. The molecular weight excluding hydrogens is 422 g/mol. The number of fused-ring (bicyclic) bond motifs is 1. The molecule has 1 aromatic carbocycles. The summed E-state index contributed by atoms with van der Waals surface area (Å²) in [4.78, 5) is 41.6. The summed E-state index contributed by atoms with van der Waals surface area (Å²) in [7, 11) is 1.69. The van der Waals surface area contributed by atoms with Crippen molar-refractivity contribution in [1.29, 1.82) is 0 Å². The fourth-order valence-corrected chi connectivity index (χ4v) is 6.13. The summed E-state index contributed by atoms with van der Waals surface area (Å²) in [6.45, 7) is 1.34. The molecule has 3 fully saturated rings. The van der Waals surface area contributed by atoms with Crippen LogP contribution in [0.15, 0.2) is 18.2 Å². The van der Waals surface area contributed by atoms with E-state index in [2.05, 4.69) is 11.4 Å². The number of carbonyl (C=O) groups excluding carboxylic acids is 3. The SMILES string of the molecule is CN1C(=O)N(CC(=O)NCC2(c3ccc4c(c3)OCCO4)CCCC2)C(=O)C12CCCCC2. The first-order valence-electron chi connectivity index (χ1n) is 12.2. The lowest BCUT2D eigenvalue weighted by Crippen LogP contribution is -2.50. The topological polar surface area (TPSA) is 88.2 Å². The van der Waals surface area contributed by atoms with Gasteiger partial charge in [0.2, 0.25) is 5.91 Å². The molecule has 8 nitrogen and oxygen atoms in total. The fourth-order valence-electron chi connectivity index (χ4n) is 6.13. The Morgan fingerprint density at radius 3 is 2.36 bits per heavy atom.